The van der Waals surface area contributed by atoms with Crippen LogP contribution >= 0.6 is 11.3 Å². The maximum absolute atomic E-state index is 5.19. The van der Waals surface area contributed by atoms with Gasteiger partial charge in [0.1, 0.15) is 11.1 Å². The van der Waals surface area contributed by atoms with Crippen LogP contribution < -0.4 is 5.32 Å². The summed E-state index contributed by atoms with van der Waals surface area (Å²) in [6, 6.07) is 0. The number of nitrogens with zero attached hydrogens (tertiary/aromatic N) is 1. The van der Waals surface area contributed by atoms with Crippen LogP contribution in [0.5, 0.6) is 0 Å². The van der Waals surface area contributed by atoms with Crippen molar-refractivity contribution < 1.29 is 4.74 Å². The van der Waals surface area contributed by atoms with Crippen molar-refractivity contribution in [3.05, 3.63) is 16.1 Å². The first-order valence-electron chi connectivity index (χ1n) is 4.39. The highest BCUT2D eigenvalue weighted by Crippen LogP contribution is 2.20. The highest BCUT2D eigenvalue weighted by atomic mass is 32.1. The molecule has 4 heteroatoms. The van der Waals surface area contributed by atoms with Crippen LogP contribution in [-0.4, -0.2) is 25.7 Å². The molecule has 0 radical (unpaired) electrons. The molecule has 0 aromatic carbocycles. The monoisotopic (exact) mass is 200 g/mol. The second-order valence-electron chi connectivity index (χ2n) is 2.91. The minimum atomic E-state index is 0.119. The average molecular weight is 200 g/mol. The lowest BCUT2D eigenvalue weighted by Crippen LogP contribution is -2.10. The Morgan fingerprint density at radius 3 is 3.08 bits per heavy atom. The van der Waals surface area contributed by atoms with Gasteiger partial charge < -0.3 is 10.1 Å². The van der Waals surface area contributed by atoms with Gasteiger partial charge in [-0.15, -0.1) is 11.3 Å². The van der Waals surface area contributed by atoms with Gasteiger partial charge in [0.15, 0.2) is 0 Å². The van der Waals surface area contributed by atoms with Crippen molar-refractivity contribution in [2.75, 3.05) is 20.7 Å². The van der Waals surface area contributed by atoms with E-state index < -0.39 is 0 Å². The molecule has 0 saturated carbocycles. The molecular formula is C9H16N2OS. The largest absolute Gasteiger partial charge is 0.375 e. The summed E-state index contributed by atoms with van der Waals surface area (Å²) in [4.78, 5) is 4.47. The normalized spacial score (nSPS) is 13.2. The van der Waals surface area contributed by atoms with E-state index in [4.69, 9.17) is 4.74 Å². The Bertz CT molecular complexity index is 250. The van der Waals surface area contributed by atoms with E-state index in [0.29, 0.717) is 0 Å². The van der Waals surface area contributed by atoms with Gasteiger partial charge in [-0.25, -0.2) is 4.98 Å². The zero-order valence-electron chi connectivity index (χ0n) is 8.33. The lowest BCUT2D eigenvalue weighted by atomic mass is 10.3. The van der Waals surface area contributed by atoms with Crippen LogP contribution in [0.1, 0.15) is 23.7 Å². The molecule has 1 heterocycles. The lowest BCUT2D eigenvalue weighted by molar-refractivity contribution is 0.119. The minimum absolute atomic E-state index is 0.119. The van der Waals surface area contributed by atoms with Crippen LogP contribution in [0.3, 0.4) is 0 Å². The molecule has 0 spiro atoms. The molecule has 0 aliphatic rings. The molecule has 3 nitrogen and oxygen atoms in total. The number of nitrogens with one attached hydrogen (secondary N) is 1. The maximum atomic E-state index is 5.19. The number of hydrogen-bond acceptors (Lipinski definition) is 4. The molecule has 0 bridgehead atoms. The van der Waals surface area contributed by atoms with Gasteiger partial charge in [0, 0.05) is 25.5 Å². The van der Waals surface area contributed by atoms with Gasteiger partial charge in [0.05, 0.1) is 5.69 Å². The summed E-state index contributed by atoms with van der Waals surface area (Å²) in [5.41, 5.74) is 1.15. The molecule has 0 amide bonds. The van der Waals surface area contributed by atoms with Crippen molar-refractivity contribution in [2.24, 2.45) is 0 Å². The number of hydrogen-bond donors (Lipinski definition) is 1. The molecule has 1 unspecified atom stereocenters. The number of likely N-dealkylation sites (N-methyl/N-ethyl adjacent to an activating group) is 1. The van der Waals surface area contributed by atoms with Crippen LogP contribution in [0.25, 0.3) is 0 Å². The third kappa shape index (κ3) is 3.06. The van der Waals surface area contributed by atoms with Gasteiger partial charge >= 0.3 is 0 Å². The second kappa shape index (κ2) is 5.32. The Labute approximate surface area is 83.1 Å². The van der Waals surface area contributed by atoms with Crippen molar-refractivity contribution in [2.45, 2.75) is 19.4 Å². The van der Waals surface area contributed by atoms with Crippen molar-refractivity contribution in [3.63, 3.8) is 0 Å². The number of ether oxygens (including phenoxy) is 1. The average Bonchev–Trinajstić information content (AvgIpc) is 2.62. The topological polar surface area (TPSA) is 34.1 Å². The van der Waals surface area contributed by atoms with Crippen LogP contribution in [-0.2, 0) is 11.2 Å². The lowest BCUT2D eigenvalue weighted by Gasteiger charge is -2.03. The van der Waals surface area contributed by atoms with Gasteiger partial charge in [0.2, 0.25) is 0 Å². The highest BCUT2D eigenvalue weighted by molar-refractivity contribution is 7.09. The summed E-state index contributed by atoms with van der Waals surface area (Å²) in [6.07, 6.45) is 1.11. The van der Waals surface area contributed by atoms with E-state index in [1.807, 2.05) is 14.0 Å². The molecule has 1 aromatic heterocycles. The summed E-state index contributed by atoms with van der Waals surface area (Å²) in [6.45, 7) is 2.99. The van der Waals surface area contributed by atoms with Crippen LogP contribution in [0.4, 0.5) is 0 Å². The van der Waals surface area contributed by atoms with Crippen molar-refractivity contribution >= 4 is 11.3 Å². The maximum Gasteiger partial charge on any atom is 0.121 e. The van der Waals surface area contributed by atoms with Crippen molar-refractivity contribution in [1.82, 2.24) is 10.3 Å². The Morgan fingerprint density at radius 2 is 2.46 bits per heavy atom. The SMILES string of the molecule is CNCCc1csc(C(C)OC)n1. The van der Waals surface area contributed by atoms with Gasteiger partial charge in [-0.3, -0.25) is 0 Å². The molecular weight excluding hydrogens is 184 g/mol. The highest BCUT2D eigenvalue weighted by Gasteiger charge is 2.08. The first-order chi connectivity index (χ1) is 6.27. The number of methoxy groups -OCH3 is 1. The molecule has 1 atom stereocenters. The summed E-state index contributed by atoms with van der Waals surface area (Å²) in [7, 11) is 3.66. The van der Waals surface area contributed by atoms with Gasteiger partial charge in [-0.2, -0.15) is 0 Å². The molecule has 0 saturated heterocycles. The third-order valence-corrected chi connectivity index (χ3v) is 2.96. The van der Waals surface area contributed by atoms with E-state index in [9.17, 15) is 0 Å². The minimum Gasteiger partial charge on any atom is -0.375 e. The second-order valence-corrected chi connectivity index (χ2v) is 3.80. The summed E-state index contributed by atoms with van der Waals surface area (Å²) in [5, 5.41) is 6.26. The molecule has 1 N–H and O–H groups in total. The van der Waals surface area contributed by atoms with Crippen LogP contribution in [0.15, 0.2) is 5.38 Å². The molecule has 1 aromatic rings. The smallest absolute Gasteiger partial charge is 0.121 e. The van der Waals surface area contributed by atoms with Gasteiger partial charge in [-0.1, -0.05) is 0 Å². The quantitative estimate of drug-likeness (QED) is 0.784. The predicted octanol–water partition coefficient (Wildman–Crippen LogP) is 1.61. The van der Waals surface area contributed by atoms with Crippen LogP contribution in [0.2, 0.25) is 0 Å². The van der Waals surface area contributed by atoms with Gasteiger partial charge in [-0.05, 0) is 14.0 Å². The molecule has 0 aliphatic heterocycles. The van der Waals surface area contributed by atoms with Gasteiger partial charge in [0.25, 0.3) is 0 Å². The first kappa shape index (κ1) is 10.6. The van der Waals surface area contributed by atoms with Crippen LogP contribution in [0, 0.1) is 0 Å². The fourth-order valence-corrected chi connectivity index (χ4v) is 1.86. The Kier molecular flexibility index (Phi) is 4.35. The molecule has 74 valence electrons. The first-order valence-corrected chi connectivity index (χ1v) is 5.27. The number of aromatic nitrogens is 1. The molecule has 0 aliphatic carbocycles. The number of thiazole rings is 1. The fourth-order valence-electron chi connectivity index (χ4n) is 0.978. The van der Waals surface area contributed by atoms with E-state index in [2.05, 4.69) is 15.7 Å². The number of rotatable bonds is 5. The van der Waals surface area contributed by atoms with E-state index in [0.717, 1.165) is 23.7 Å². The summed E-state index contributed by atoms with van der Waals surface area (Å²) in [5.74, 6) is 0. The van der Waals surface area contributed by atoms with E-state index in [-0.39, 0.29) is 6.10 Å². The Hall–Kier alpha value is -0.450. The Morgan fingerprint density at radius 1 is 1.69 bits per heavy atom. The fraction of sp³-hybridized carbons (Fsp3) is 0.667. The zero-order valence-corrected chi connectivity index (χ0v) is 9.15. The van der Waals surface area contributed by atoms with E-state index >= 15 is 0 Å². The van der Waals surface area contributed by atoms with Crippen molar-refractivity contribution in [1.29, 1.82) is 0 Å². The summed E-state index contributed by atoms with van der Waals surface area (Å²) >= 11 is 1.67. The van der Waals surface area contributed by atoms with E-state index in [1.54, 1.807) is 18.4 Å². The predicted molar refractivity (Wildman–Crippen MR) is 55.2 cm³/mol. The Balaban J connectivity index is 2.53. The van der Waals surface area contributed by atoms with E-state index in [1.165, 1.54) is 0 Å². The zero-order chi connectivity index (χ0) is 9.68. The summed E-state index contributed by atoms with van der Waals surface area (Å²) < 4.78 is 5.19. The third-order valence-electron chi connectivity index (χ3n) is 1.90. The van der Waals surface area contributed by atoms with Crippen molar-refractivity contribution in [3.8, 4) is 0 Å². The molecule has 1 rings (SSSR count). The molecule has 13 heavy (non-hydrogen) atoms. The standard InChI is InChI=1S/C9H16N2OS/c1-7(12-3)9-11-8(6-13-9)4-5-10-2/h6-7,10H,4-5H2,1-3H3. The molecule has 0 fully saturated rings.